The zero-order valence-electron chi connectivity index (χ0n) is 8.41. The van der Waals surface area contributed by atoms with Crippen LogP contribution >= 0.6 is 0 Å². The SMILES string of the molecule is CC(C)Cc1[nH]nc2cc(O)ccc12. The van der Waals surface area contributed by atoms with Crippen LogP contribution in [0.15, 0.2) is 18.2 Å². The van der Waals surface area contributed by atoms with E-state index in [-0.39, 0.29) is 5.75 Å². The van der Waals surface area contributed by atoms with Gasteiger partial charge in [-0.1, -0.05) is 13.8 Å². The second-order valence-corrected chi connectivity index (χ2v) is 4.00. The van der Waals surface area contributed by atoms with Gasteiger partial charge in [-0.3, -0.25) is 5.10 Å². The van der Waals surface area contributed by atoms with Crippen molar-refractivity contribution in [3.05, 3.63) is 23.9 Å². The molecule has 2 aromatic rings. The van der Waals surface area contributed by atoms with Crippen molar-refractivity contribution >= 4 is 10.9 Å². The summed E-state index contributed by atoms with van der Waals surface area (Å²) in [5.74, 6) is 0.868. The summed E-state index contributed by atoms with van der Waals surface area (Å²) in [5.41, 5.74) is 1.98. The van der Waals surface area contributed by atoms with Crippen molar-refractivity contribution < 1.29 is 5.11 Å². The largest absolute Gasteiger partial charge is 0.508 e. The number of hydrogen-bond acceptors (Lipinski definition) is 2. The van der Waals surface area contributed by atoms with E-state index in [0.717, 1.165) is 23.0 Å². The molecule has 3 nitrogen and oxygen atoms in total. The number of nitrogens with zero attached hydrogens (tertiary/aromatic N) is 1. The summed E-state index contributed by atoms with van der Waals surface area (Å²) in [6, 6.07) is 5.28. The number of hydrogen-bond donors (Lipinski definition) is 2. The summed E-state index contributed by atoms with van der Waals surface area (Å²) in [4.78, 5) is 0. The van der Waals surface area contributed by atoms with Crippen molar-refractivity contribution in [2.24, 2.45) is 5.92 Å². The Morgan fingerprint density at radius 1 is 1.43 bits per heavy atom. The summed E-state index contributed by atoms with van der Waals surface area (Å²) in [5, 5.41) is 17.5. The molecule has 0 saturated heterocycles. The number of fused-ring (bicyclic) bond motifs is 1. The first-order valence-electron chi connectivity index (χ1n) is 4.83. The van der Waals surface area contributed by atoms with Gasteiger partial charge >= 0.3 is 0 Å². The molecule has 1 aromatic heterocycles. The van der Waals surface area contributed by atoms with E-state index in [0.29, 0.717) is 5.92 Å². The molecule has 14 heavy (non-hydrogen) atoms. The van der Waals surface area contributed by atoms with Gasteiger partial charge in [0.05, 0.1) is 5.52 Å². The molecule has 0 unspecified atom stereocenters. The minimum atomic E-state index is 0.264. The molecule has 1 aromatic carbocycles. The van der Waals surface area contributed by atoms with Gasteiger partial charge in [0.1, 0.15) is 5.75 Å². The van der Waals surface area contributed by atoms with Crippen molar-refractivity contribution in [3.63, 3.8) is 0 Å². The van der Waals surface area contributed by atoms with Crippen molar-refractivity contribution in [3.8, 4) is 5.75 Å². The van der Waals surface area contributed by atoms with Gasteiger partial charge in [0, 0.05) is 17.1 Å². The quantitative estimate of drug-likeness (QED) is 0.764. The molecule has 2 rings (SSSR count). The molecule has 3 heteroatoms. The van der Waals surface area contributed by atoms with E-state index in [9.17, 15) is 5.11 Å². The van der Waals surface area contributed by atoms with Crippen molar-refractivity contribution in [2.75, 3.05) is 0 Å². The Bertz CT molecular complexity index is 445. The van der Waals surface area contributed by atoms with Gasteiger partial charge in [0.15, 0.2) is 0 Å². The summed E-state index contributed by atoms with van der Waals surface area (Å²) >= 11 is 0. The van der Waals surface area contributed by atoms with Crippen molar-refractivity contribution in [2.45, 2.75) is 20.3 Å². The summed E-state index contributed by atoms with van der Waals surface area (Å²) in [6.07, 6.45) is 0.987. The topological polar surface area (TPSA) is 48.9 Å². The van der Waals surface area contributed by atoms with Gasteiger partial charge in [-0.15, -0.1) is 0 Å². The fourth-order valence-corrected chi connectivity index (χ4v) is 1.62. The fraction of sp³-hybridized carbons (Fsp3) is 0.364. The number of phenolic OH excluding ortho intramolecular Hbond substituents is 1. The lowest BCUT2D eigenvalue weighted by molar-refractivity contribution is 0.476. The minimum absolute atomic E-state index is 0.264. The smallest absolute Gasteiger partial charge is 0.117 e. The molecule has 0 atom stereocenters. The first-order chi connectivity index (χ1) is 6.66. The van der Waals surface area contributed by atoms with Crippen LogP contribution in [0.5, 0.6) is 5.75 Å². The monoisotopic (exact) mass is 190 g/mol. The zero-order chi connectivity index (χ0) is 10.1. The van der Waals surface area contributed by atoms with Crippen LogP contribution in [0, 0.1) is 5.92 Å². The maximum Gasteiger partial charge on any atom is 0.117 e. The van der Waals surface area contributed by atoms with Gasteiger partial charge in [0.25, 0.3) is 0 Å². The summed E-state index contributed by atoms with van der Waals surface area (Å²) in [7, 11) is 0. The van der Waals surface area contributed by atoms with Crippen molar-refractivity contribution in [1.82, 2.24) is 10.2 Å². The van der Waals surface area contributed by atoms with Crippen LogP contribution in [0.2, 0.25) is 0 Å². The lowest BCUT2D eigenvalue weighted by Crippen LogP contribution is -1.94. The van der Waals surface area contributed by atoms with E-state index in [1.807, 2.05) is 6.07 Å². The first kappa shape index (κ1) is 9.06. The van der Waals surface area contributed by atoms with Crippen LogP contribution in [0.3, 0.4) is 0 Å². The van der Waals surface area contributed by atoms with Gasteiger partial charge in [-0.05, 0) is 24.5 Å². The molecule has 0 aliphatic carbocycles. The van der Waals surface area contributed by atoms with Crippen LogP contribution in [0.4, 0.5) is 0 Å². The Balaban J connectivity index is 2.47. The third-order valence-corrected chi connectivity index (χ3v) is 2.23. The molecule has 0 bridgehead atoms. The summed E-state index contributed by atoms with van der Waals surface area (Å²) < 4.78 is 0. The third-order valence-electron chi connectivity index (χ3n) is 2.23. The van der Waals surface area contributed by atoms with E-state index < -0.39 is 0 Å². The molecular weight excluding hydrogens is 176 g/mol. The highest BCUT2D eigenvalue weighted by Crippen LogP contribution is 2.22. The Kier molecular flexibility index (Phi) is 2.15. The van der Waals surface area contributed by atoms with Crippen LogP contribution < -0.4 is 0 Å². The van der Waals surface area contributed by atoms with Gasteiger partial charge in [0.2, 0.25) is 0 Å². The second-order valence-electron chi connectivity index (χ2n) is 4.00. The number of aromatic amines is 1. The fourth-order valence-electron chi connectivity index (χ4n) is 1.62. The number of phenols is 1. The van der Waals surface area contributed by atoms with Gasteiger partial charge in [-0.2, -0.15) is 5.10 Å². The lowest BCUT2D eigenvalue weighted by atomic mass is 10.1. The number of benzene rings is 1. The molecule has 1 heterocycles. The van der Waals surface area contributed by atoms with Crippen LogP contribution in [0.1, 0.15) is 19.5 Å². The zero-order valence-corrected chi connectivity index (χ0v) is 8.41. The number of nitrogens with one attached hydrogen (secondary N) is 1. The van der Waals surface area contributed by atoms with E-state index in [1.54, 1.807) is 12.1 Å². The minimum Gasteiger partial charge on any atom is -0.508 e. The molecule has 74 valence electrons. The Labute approximate surface area is 82.8 Å². The van der Waals surface area contributed by atoms with E-state index in [1.165, 1.54) is 0 Å². The first-order valence-corrected chi connectivity index (χ1v) is 4.83. The number of H-pyrrole nitrogens is 1. The Hall–Kier alpha value is -1.51. The van der Waals surface area contributed by atoms with Crippen LogP contribution in [-0.4, -0.2) is 15.3 Å². The average molecular weight is 190 g/mol. The molecular formula is C11H14N2O. The molecule has 2 N–H and O–H groups in total. The van der Waals surface area contributed by atoms with E-state index in [2.05, 4.69) is 24.0 Å². The molecule has 0 aliphatic rings. The highest BCUT2D eigenvalue weighted by Gasteiger charge is 2.06. The highest BCUT2D eigenvalue weighted by atomic mass is 16.3. The molecule has 0 spiro atoms. The Morgan fingerprint density at radius 2 is 2.21 bits per heavy atom. The number of rotatable bonds is 2. The van der Waals surface area contributed by atoms with Crippen LogP contribution in [0.25, 0.3) is 10.9 Å². The number of aromatic nitrogens is 2. The van der Waals surface area contributed by atoms with Crippen molar-refractivity contribution in [1.29, 1.82) is 0 Å². The average Bonchev–Trinajstić information content (AvgIpc) is 2.47. The maximum atomic E-state index is 9.27. The van der Waals surface area contributed by atoms with Gasteiger partial charge < -0.3 is 5.11 Å². The normalized spacial score (nSPS) is 11.4. The predicted octanol–water partition coefficient (Wildman–Crippen LogP) is 2.47. The highest BCUT2D eigenvalue weighted by molar-refractivity contribution is 5.82. The maximum absolute atomic E-state index is 9.27. The second kappa shape index (κ2) is 3.33. The molecule has 0 saturated carbocycles. The van der Waals surface area contributed by atoms with E-state index >= 15 is 0 Å². The molecule has 0 aliphatic heterocycles. The molecule has 0 radical (unpaired) electrons. The van der Waals surface area contributed by atoms with Crippen LogP contribution in [-0.2, 0) is 6.42 Å². The summed E-state index contributed by atoms with van der Waals surface area (Å²) in [6.45, 7) is 4.35. The Morgan fingerprint density at radius 3 is 2.93 bits per heavy atom. The predicted molar refractivity (Wildman–Crippen MR) is 56.3 cm³/mol. The third kappa shape index (κ3) is 1.58. The number of aromatic hydroxyl groups is 1. The standard InChI is InChI=1S/C11H14N2O/c1-7(2)5-10-9-4-3-8(14)6-11(9)13-12-10/h3-4,6-7,14H,5H2,1-2H3,(H,12,13). The van der Waals surface area contributed by atoms with E-state index in [4.69, 9.17) is 0 Å². The van der Waals surface area contributed by atoms with Gasteiger partial charge in [-0.25, -0.2) is 0 Å². The molecule has 0 amide bonds. The molecule has 0 fully saturated rings. The lowest BCUT2D eigenvalue weighted by Gasteiger charge is -2.01.